The van der Waals surface area contributed by atoms with E-state index < -0.39 is 11.7 Å². The van der Waals surface area contributed by atoms with Gasteiger partial charge in [-0.2, -0.15) is 0 Å². The lowest BCUT2D eigenvalue weighted by Crippen LogP contribution is -2.46. The summed E-state index contributed by atoms with van der Waals surface area (Å²) in [7, 11) is 1.50. The summed E-state index contributed by atoms with van der Waals surface area (Å²) in [5.41, 5.74) is 1.32. The van der Waals surface area contributed by atoms with Crippen LogP contribution in [0, 0.1) is 5.41 Å². The number of aliphatic hydroxyl groups excluding tert-OH is 1. The van der Waals surface area contributed by atoms with Crippen LogP contribution in [0.1, 0.15) is 48.3 Å². The fraction of sp³-hybridized carbons (Fsp3) is 0.476. The van der Waals surface area contributed by atoms with Crippen LogP contribution in [-0.4, -0.2) is 41.9 Å². The smallest absolute Gasteiger partial charge is 0.179 e. The molecule has 5 heteroatoms. The molecular weight excluding hydrogens is 328 g/mol. The van der Waals surface area contributed by atoms with Gasteiger partial charge in [-0.25, -0.2) is 0 Å². The molecule has 2 N–H and O–H groups in total. The molecule has 1 aliphatic heterocycles. The van der Waals surface area contributed by atoms with Crippen molar-refractivity contribution in [3.05, 3.63) is 59.9 Å². The highest BCUT2D eigenvalue weighted by Crippen LogP contribution is 2.38. The summed E-state index contributed by atoms with van der Waals surface area (Å²) in [4.78, 5) is 13.1. The fourth-order valence-electron chi connectivity index (χ4n) is 3.96. The number of Topliss-reactive ketones (excluding diaryl/α,β-unsaturated/α-hetero) is 1. The van der Waals surface area contributed by atoms with Crippen LogP contribution in [0.4, 0.5) is 0 Å². The minimum atomic E-state index is -0.927. The van der Waals surface area contributed by atoms with Crippen LogP contribution >= 0.6 is 0 Å². The van der Waals surface area contributed by atoms with Gasteiger partial charge in [0.1, 0.15) is 0 Å². The minimum Gasteiger partial charge on any atom is -0.367 e. The van der Waals surface area contributed by atoms with E-state index in [1.807, 2.05) is 41.1 Å². The van der Waals surface area contributed by atoms with E-state index in [-0.39, 0.29) is 18.2 Å². The van der Waals surface area contributed by atoms with Crippen molar-refractivity contribution in [3.8, 4) is 0 Å². The largest absolute Gasteiger partial charge is 0.367 e. The number of nitrogens with zero attached hydrogens (tertiary/aromatic N) is 1. The van der Waals surface area contributed by atoms with Gasteiger partial charge in [-0.15, -0.1) is 0 Å². The molecule has 0 spiro atoms. The van der Waals surface area contributed by atoms with Crippen LogP contribution in [0.3, 0.4) is 0 Å². The molecule has 140 valence electrons. The maximum absolute atomic E-state index is 13.1. The number of carbonyl (C=O) groups is 1. The van der Waals surface area contributed by atoms with Gasteiger partial charge in [-0.3, -0.25) is 4.79 Å². The Hall–Kier alpha value is -1.95. The summed E-state index contributed by atoms with van der Waals surface area (Å²) >= 11 is 0. The molecule has 1 aliphatic rings. The Labute approximate surface area is 155 Å². The molecule has 1 unspecified atom stereocenters. The zero-order chi connectivity index (χ0) is 18.6. The molecule has 1 aromatic carbocycles. The van der Waals surface area contributed by atoms with E-state index >= 15 is 0 Å². The van der Waals surface area contributed by atoms with Gasteiger partial charge >= 0.3 is 0 Å². The number of benzene rings is 1. The molecule has 3 rings (SSSR count). The first-order valence-corrected chi connectivity index (χ1v) is 9.24. The van der Waals surface area contributed by atoms with Gasteiger partial charge in [-0.1, -0.05) is 30.3 Å². The van der Waals surface area contributed by atoms with E-state index in [0.717, 1.165) is 31.5 Å². The lowest BCUT2D eigenvalue weighted by atomic mass is 9.74. The third-order valence-corrected chi connectivity index (χ3v) is 5.62. The highest BCUT2D eigenvalue weighted by atomic mass is 16.6. The number of nitrogens with one attached hydrogen (secondary N) is 1. The van der Waals surface area contributed by atoms with Crippen molar-refractivity contribution >= 4 is 5.78 Å². The number of ketones is 1. The molecule has 2 heterocycles. The van der Waals surface area contributed by atoms with Crippen molar-refractivity contribution in [3.63, 3.8) is 0 Å². The minimum absolute atomic E-state index is 0.0516. The maximum atomic E-state index is 13.1. The van der Waals surface area contributed by atoms with Gasteiger partial charge in [0, 0.05) is 25.1 Å². The second-order valence-electron chi connectivity index (χ2n) is 7.19. The van der Waals surface area contributed by atoms with E-state index in [9.17, 15) is 9.90 Å². The topological polar surface area (TPSA) is 63.5 Å². The number of carbonyl (C=O) groups excluding carboxylic acids is 1. The van der Waals surface area contributed by atoms with E-state index in [1.165, 1.54) is 7.11 Å². The van der Waals surface area contributed by atoms with Crippen LogP contribution in [0.2, 0.25) is 0 Å². The normalized spacial score (nSPS) is 19.0. The fourth-order valence-corrected chi connectivity index (χ4v) is 3.96. The zero-order valence-corrected chi connectivity index (χ0v) is 15.5. The highest BCUT2D eigenvalue weighted by Gasteiger charge is 2.41. The number of aliphatic hydroxyl groups is 1. The molecule has 5 nitrogen and oxygen atoms in total. The van der Waals surface area contributed by atoms with Crippen molar-refractivity contribution < 1.29 is 14.6 Å². The average molecular weight is 356 g/mol. The van der Waals surface area contributed by atoms with Crippen LogP contribution < -0.4 is 5.32 Å². The summed E-state index contributed by atoms with van der Waals surface area (Å²) < 4.78 is 7.25. The standard InChI is InChI=1S/C21H28N2O3/c1-16(17-7-4-3-5-8-17)23-14-6-9-18(23)19(24)15-21(20(25)26-2)10-12-22-13-11-21/h3-9,14,16,20,22,25H,10-13,15H2,1-2H3/t16-,20?/m1/s1. The van der Waals surface area contributed by atoms with Crippen LogP contribution in [0.15, 0.2) is 48.7 Å². The average Bonchev–Trinajstić information content (AvgIpc) is 3.18. The Morgan fingerprint density at radius 1 is 1.23 bits per heavy atom. The SMILES string of the molecule is COC(O)C1(CC(=O)c2cccn2[C@H](C)c2ccccc2)CCNCC1. The summed E-state index contributed by atoms with van der Waals surface area (Å²) in [6.07, 6.45) is 2.76. The Kier molecular flexibility index (Phi) is 5.91. The van der Waals surface area contributed by atoms with E-state index in [1.54, 1.807) is 0 Å². The van der Waals surface area contributed by atoms with Gasteiger partial charge < -0.3 is 19.7 Å². The van der Waals surface area contributed by atoms with Gasteiger partial charge in [0.05, 0.1) is 11.7 Å². The summed E-state index contributed by atoms with van der Waals surface area (Å²) in [6.45, 7) is 3.67. The number of methoxy groups -OCH3 is 1. The number of hydrogen-bond acceptors (Lipinski definition) is 4. The van der Waals surface area contributed by atoms with Gasteiger partial charge in [0.25, 0.3) is 0 Å². The first-order chi connectivity index (χ1) is 12.6. The van der Waals surface area contributed by atoms with Crippen molar-refractivity contribution in [2.75, 3.05) is 20.2 Å². The molecule has 2 aromatic rings. The molecule has 0 aliphatic carbocycles. The van der Waals surface area contributed by atoms with Crippen LogP contribution in [0.25, 0.3) is 0 Å². The van der Waals surface area contributed by atoms with Gasteiger partial charge in [0.15, 0.2) is 12.1 Å². The monoisotopic (exact) mass is 356 g/mol. The van der Waals surface area contributed by atoms with E-state index in [4.69, 9.17) is 4.74 Å². The predicted octanol–water partition coefficient (Wildman–Crippen LogP) is 3.00. The summed E-state index contributed by atoms with van der Waals surface area (Å²) in [5, 5.41) is 13.7. The third kappa shape index (κ3) is 3.75. The third-order valence-electron chi connectivity index (χ3n) is 5.62. The number of aromatic nitrogens is 1. The number of rotatable bonds is 7. The quantitative estimate of drug-likeness (QED) is 0.591. The molecule has 26 heavy (non-hydrogen) atoms. The Bertz CT molecular complexity index is 720. The molecule has 0 bridgehead atoms. The number of piperidine rings is 1. The Balaban J connectivity index is 1.83. The second kappa shape index (κ2) is 8.16. The van der Waals surface area contributed by atoms with E-state index in [0.29, 0.717) is 5.69 Å². The molecule has 2 atom stereocenters. The molecule has 1 saturated heterocycles. The van der Waals surface area contributed by atoms with Crippen molar-refractivity contribution in [2.24, 2.45) is 5.41 Å². The van der Waals surface area contributed by atoms with Crippen molar-refractivity contribution in [1.29, 1.82) is 0 Å². The summed E-state index contributed by atoms with van der Waals surface area (Å²) in [5.74, 6) is 0.0516. The summed E-state index contributed by atoms with van der Waals surface area (Å²) in [6, 6.07) is 14.0. The van der Waals surface area contributed by atoms with Gasteiger partial charge in [0.2, 0.25) is 0 Å². The van der Waals surface area contributed by atoms with E-state index in [2.05, 4.69) is 24.4 Å². The first-order valence-electron chi connectivity index (χ1n) is 9.24. The van der Waals surface area contributed by atoms with Crippen LogP contribution in [-0.2, 0) is 4.74 Å². The lowest BCUT2D eigenvalue weighted by Gasteiger charge is -2.40. The molecule has 0 radical (unpaired) electrons. The molecular formula is C21H28N2O3. The number of ether oxygens (including phenoxy) is 1. The first kappa shape index (κ1) is 18.8. The lowest BCUT2D eigenvalue weighted by molar-refractivity contribution is -0.166. The maximum Gasteiger partial charge on any atom is 0.179 e. The van der Waals surface area contributed by atoms with Crippen molar-refractivity contribution in [2.45, 2.75) is 38.5 Å². The van der Waals surface area contributed by atoms with Gasteiger partial charge in [-0.05, 0) is 50.6 Å². The highest BCUT2D eigenvalue weighted by molar-refractivity contribution is 5.95. The Morgan fingerprint density at radius 3 is 2.58 bits per heavy atom. The second-order valence-corrected chi connectivity index (χ2v) is 7.19. The molecule has 1 fully saturated rings. The molecule has 1 aromatic heterocycles. The van der Waals surface area contributed by atoms with Crippen LogP contribution in [0.5, 0.6) is 0 Å². The Morgan fingerprint density at radius 2 is 1.92 bits per heavy atom. The predicted molar refractivity (Wildman–Crippen MR) is 101 cm³/mol. The molecule has 0 amide bonds. The van der Waals surface area contributed by atoms with Crippen molar-refractivity contribution in [1.82, 2.24) is 9.88 Å². The zero-order valence-electron chi connectivity index (χ0n) is 15.5. The number of hydrogen-bond donors (Lipinski definition) is 2. The molecule has 0 saturated carbocycles.